The van der Waals surface area contributed by atoms with Crippen molar-refractivity contribution in [1.29, 1.82) is 0 Å². The Kier molecular flexibility index (Phi) is 7.05. The Bertz CT molecular complexity index is 420. The summed E-state index contributed by atoms with van der Waals surface area (Å²) in [7, 11) is 3.99. The number of rotatable bonds is 8. The Morgan fingerprint density at radius 3 is 2.30 bits per heavy atom. The number of carbonyl (C=O) groups is 1. The van der Waals surface area contributed by atoms with Crippen LogP contribution < -0.4 is 0 Å². The number of aliphatic carboxylic acids is 1. The summed E-state index contributed by atoms with van der Waals surface area (Å²) >= 11 is 1.71. The van der Waals surface area contributed by atoms with Gasteiger partial charge in [0.1, 0.15) is 0 Å². The maximum absolute atomic E-state index is 11.0. The van der Waals surface area contributed by atoms with Gasteiger partial charge in [0, 0.05) is 24.0 Å². The summed E-state index contributed by atoms with van der Waals surface area (Å²) in [6, 6.07) is 8.44. The summed E-state index contributed by atoms with van der Waals surface area (Å²) < 4.78 is 0. The van der Waals surface area contributed by atoms with E-state index in [0.29, 0.717) is 0 Å². The van der Waals surface area contributed by atoms with E-state index in [1.54, 1.807) is 11.8 Å². The van der Waals surface area contributed by atoms with Crippen LogP contribution in [0.2, 0.25) is 0 Å². The van der Waals surface area contributed by atoms with Crippen LogP contribution in [0.1, 0.15) is 18.5 Å². The molecule has 0 saturated heterocycles. The number of carboxylic acid groups (broad SMARTS) is 1. The monoisotopic (exact) mass is 296 g/mol. The van der Waals surface area contributed by atoms with Crippen LogP contribution in [0.5, 0.6) is 0 Å². The molecule has 0 amide bonds. The first-order chi connectivity index (χ1) is 9.43. The molecule has 1 unspecified atom stereocenters. The highest BCUT2D eigenvalue weighted by Crippen LogP contribution is 2.23. The van der Waals surface area contributed by atoms with E-state index in [2.05, 4.69) is 36.1 Å². The van der Waals surface area contributed by atoms with E-state index >= 15 is 0 Å². The summed E-state index contributed by atoms with van der Waals surface area (Å²) in [5.41, 5.74) is 1.16. The molecule has 0 heterocycles. The maximum atomic E-state index is 11.0. The Balaban J connectivity index is 2.78. The van der Waals surface area contributed by atoms with E-state index in [0.717, 1.165) is 18.7 Å². The average Bonchev–Trinajstić information content (AvgIpc) is 2.42. The molecule has 0 fully saturated rings. The van der Waals surface area contributed by atoms with Crippen molar-refractivity contribution in [3.8, 4) is 0 Å². The first kappa shape index (κ1) is 17.0. The lowest BCUT2D eigenvalue weighted by molar-refractivity contribution is -0.138. The zero-order valence-electron chi connectivity index (χ0n) is 12.7. The fourth-order valence-electron chi connectivity index (χ4n) is 2.01. The van der Waals surface area contributed by atoms with Crippen molar-refractivity contribution in [1.82, 2.24) is 9.80 Å². The second-order valence-electron chi connectivity index (χ2n) is 5.12. The van der Waals surface area contributed by atoms with Crippen LogP contribution in [-0.2, 0) is 4.79 Å². The van der Waals surface area contributed by atoms with Crippen LogP contribution in [0, 0.1) is 0 Å². The van der Waals surface area contributed by atoms with E-state index in [4.69, 9.17) is 5.11 Å². The van der Waals surface area contributed by atoms with Crippen LogP contribution in [0.25, 0.3) is 0 Å². The Labute approximate surface area is 125 Å². The summed E-state index contributed by atoms with van der Waals surface area (Å²) in [6.07, 6.45) is 2.05. The minimum atomic E-state index is -0.781. The van der Waals surface area contributed by atoms with Gasteiger partial charge in [-0.1, -0.05) is 12.1 Å². The highest BCUT2D eigenvalue weighted by Gasteiger charge is 2.18. The third kappa shape index (κ3) is 5.53. The molecule has 20 heavy (non-hydrogen) atoms. The molecule has 0 aromatic heterocycles. The number of hydrogen-bond donors (Lipinski definition) is 1. The van der Waals surface area contributed by atoms with Crippen LogP contribution in [0.3, 0.4) is 0 Å². The van der Waals surface area contributed by atoms with Gasteiger partial charge in [-0.2, -0.15) is 0 Å². The molecule has 4 nitrogen and oxygen atoms in total. The number of likely N-dealkylation sites (N-methyl/N-ethyl adjacent to an activating group) is 1. The molecule has 0 bridgehead atoms. The standard InChI is InChI=1S/C15H24N2O2S/c1-12(13-5-7-14(20-4)8-6-13)17(11-15(18)19)10-9-16(2)3/h5-8,12H,9-11H2,1-4H3,(H,18,19). The fraction of sp³-hybridized carbons (Fsp3) is 0.533. The van der Waals surface area contributed by atoms with Gasteiger partial charge in [0.15, 0.2) is 0 Å². The number of benzene rings is 1. The minimum absolute atomic E-state index is 0.0687. The molecule has 1 atom stereocenters. The Morgan fingerprint density at radius 1 is 1.25 bits per heavy atom. The molecule has 0 radical (unpaired) electrons. The smallest absolute Gasteiger partial charge is 0.317 e. The van der Waals surface area contributed by atoms with Crippen molar-refractivity contribution < 1.29 is 9.90 Å². The van der Waals surface area contributed by atoms with Gasteiger partial charge in [0.05, 0.1) is 6.54 Å². The lowest BCUT2D eigenvalue weighted by Gasteiger charge is -2.29. The molecule has 0 aliphatic rings. The molecule has 5 heteroatoms. The summed E-state index contributed by atoms with van der Waals surface area (Å²) in [6.45, 7) is 3.72. The van der Waals surface area contributed by atoms with Gasteiger partial charge in [-0.25, -0.2) is 0 Å². The van der Waals surface area contributed by atoms with Crippen LogP contribution in [-0.4, -0.2) is 60.9 Å². The highest BCUT2D eigenvalue weighted by atomic mass is 32.2. The van der Waals surface area contributed by atoms with Crippen molar-refractivity contribution in [2.45, 2.75) is 17.9 Å². The number of carboxylic acids is 1. The Hall–Kier alpha value is -1.04. The quantitative estimate of drug-likeness (QED) is 0.746. The molecular weight excluding hydrogens is 272 g/mol. The number of thioether (sulfide) groups is 1. The van der Waals surface area contributed by atoms with Crippen molar-refractivity contribution in [3.63, 3.8) is 0 Å². The highest BCUT2D eigenvalue weighted by molar-refractivity contribution is 7.98. The van der Waals surface area contributed by atoms with Gasteiger partial charge < -0.3 is 10.0 Å². The van der Waals surface area contributed by atoms with E-state index in [1.807, 2.05) is 25.3 Å². The van der Waals surface area contributed by atoms with Crippen molar-refractivity contribution >= 4 is 17.7 Å². The van der Waals surface area contributed by atoms with E-state index in [-0.39, 0.29) is 12.6 Å². The summed E-state index contributed by atoms with van der Waals surface area (Å²) in [4.78, 5) is 16.3. The van der Waals surface area contributed by atoms with Crippen molar-refractivity contribution in [2.24, 2.45) is 0 Å². The van der Waals surface area contributed by atoms with Gasteiger partial charge in [-0.15, -0.1) is 11.8 Å². The second kappa shape index (κ2) is 8.29. The fourth-order valence-corrected chi connectivity index (χ4v) is 2.41. The third-order valence-electron chi connectivity index (χ3n) is 3.32. The minimum Gasteiger partial charge on any atom is -0.480 e. The zero-order chi connectivity index (χ0) is 15.1. The van der Waals surface area contributed by atoms with E-state index in [9.17, 15) is 4.79 Å². The molecule has 0 spiro atoms. The predicted molar refractivity (Wildman–Crippen MR) is 84.4 cm³/mol. The molecule has 1 N–H and O–H groups in total. The predicted octanol–water partition coefficient (Wildman–Crippen LogP) is 2.42. The molecule has 1 aromatic rings. The van der Waals surface area contributed by atoms with Crippen molar-refractivity contribution in [2.75, 3.05) is 40.0 Å². The third-order valence-corrected chi connectivity index (χ3v) is 4.06. The molecule has 1 aromatic carbocycles. The molecule has 0 aliphatic carbocycles. The molecule has 112 valence electrons. The first-order valence-electron chi connectivity index (χ1n) is 6.68. The van der Waals surface area contributed by atoms with Gasteiger partial charge >= 0.3 is 5.97 Å². The normalized spacial score (nSPS) is 12.9. The molecule has 0 aliphatic heterocycles. The maximum Gasteiger partial charge on any atom is 0.317 e. The summed E-state index contributed by atoms with van der Waals surface area (Å²) in [5.74, 6) is -0.781. The van der Waals surface area contributed by atoms with Gasteiger partial charge in [-0.3, -0.25) is 9.69 Å². The van der Waals surface area contributed by atoms with Crippen LogP contribution in [0.4, 0.5) is 0 Å². The number of hydrogen-bond acceptors (Lipinski definition) is 4. The zero-order valence-corrected chi connectivity index (χ0v) is 13.5. The Morgan fingerprint density at radius 2 is 1.85 bits per heavy atom. The number of nitrogens with zero attached hydrogens (tertiary/aromatic N) is 2. The molecular formula is C15H24N2O2S. The van der Waals surface area contributed by atoms with Gasteiger partial charge in [-0.05, 0) is 45.0 Å². The topological polar surface area (TPSA) is 43.8 Å². The lowest BCUT2D eigenvalue weighted by Crippen LogP contribution is -2.37. The SMILES string of the molecule is CSc1ccc(C(C)N(CCN(C)C)CC(=O)O)cc1. The second-order valence-corrected chi connectivity index (χ2v) is 6.00. The average molecular weight is 296 g/mol. The van der Waals surface area contributed by atoms with Crippen molar-refractivity contribution in [3.05, 3.63) is 29.8 Å². The molecule has 0 saturated carbocycles. The van der Waals surface area contributed by atoms with Gasteiger partial charge in [0.2, 0.25) is 0 Å². The van der Waals surface area contributed by atoms with E-state index in [1.165, 1.54) is 4.90 Å². The summed E-state index contributed by atoms with van der Waals surface area (Å²) in [5, 5.41) is 9.07. The molecule has 1 rings (SSSR count). The van der Waals surface area contributed by atoms with E-state index < -0.39 is 5.97 Å². The lowest BCUT2D eigenvalue weighted by atomic mass is 10.1. The van der Waals surface area contributed by atoms with Crippen LogP contribution in [0.15, 0.2) is 29.2 Å². The van der Waals surface area contributed by atoms with Crippen LogP contribution >= 0.6 is 11.8 Å². The first-order valence-corrected chi connectivity index (χ1v) is 7.91. The largest absolute Gasteiger partial charge is 0.480 e. The van der Waals surface area contributed by atoms with Gasteiger partial charge in [0.25, 0.3) is 0 Å².